The number of nitrogens with two attached hydrogens (primary N) is 1. The normalized spacial score (nSPS) is 20.9. The molecule has 7 nitrogen and oxygen atoms in total. The number of aryl methyl sites for hydroxylation is 2. The van der Waals surface area contributed by atoms with E-state index < -0.39 is 5.91 Å². The summed E-state index contributed by atoms with van der Waals surface area (Å²) in [5.74, 6) is 0.238. The first kappa shape index (κ1) is 17.6. The molecule has 7 heteroatoms. The summed E-state index contributed by atoms with van der Waals surface area (Å²) in [5.41, 5.74) is 8.66. The zero-order chi connectivity index (χ0) is 17.8. The predicted octanol–water partition coefficient (Wildman–Crippen LogP) is 0.841. The molecule has 2 atom stereocenters. The number of carbonyl (C=O) groups is 1. The summed E-state index contributed by atoms with van der Waals surface area (Å²) >= 11 is 0. The van der Waals surface area contributed by atoms with E-state index in [0.717, 1.165) is 25.3 Å². The molecular formula is C18H25N5O2. The van der Waals surface area contributed by atoms with Gasteiger partial charge in [0.1, 0.15) is 6.61 Å². The van der Waals surface area contributed by atoms with Gasteiger partial charge in [-0.2, -0.15) is 5.10 Å². The molecule has 1 fully saturated rings. The zero-order valence-corrected chi connectivity index (χ0v) is 14.8. The van der Waals surface area contributed by atoms with Crippen molar-refractivity contribution in [3.8, 4) is 0 Å². The van der Waals surface area contributed by atoms with Gasteiger partial charge in [-0.3, -0.25) is 19.4 Å². The van der Waals surface area contributed by atoms with Crippen LogP contribution in [0.4, 0.5) is 0 Å². The lowest BCUT2D eigenvalue weighted by Crippen LogP contribution is -2.24. The third-order valence-corrected chi connectivity index (χ3v) is 4.71. The molecule has 0 spiro atoms. The molecule has 2 N–H and O–H groups in total. The summed E-state index contributed by atoms with van der Waals surface area (Å²) in [7, 11) is 1.98. The summed E-state index contributed by atoms with van der Waals surface area (Å²) in [4.78, 5) is 17.5. The number of nitrogens with zero attached hydrogens (tertiary/aromatic N) is 4. The summed E-state index contributed by atoms with van der Waals surface area (Å²) in [6, 6.07) is 6.24. The highest BCUT2D eigenvalue weighted by Crippen LogP contribution is 2.33. The van der Waals surface area contributed by atoms with Crippen LogP contribution in [0.5, 0.6) is 0 Å². The van der Waals surface area contributed by atoms with Crippen LogP contribution >= 0.6 is 0 Å². The van der Waals surface area contributed by atoms with Gasteiger partial charge in [-0.15, -0.1) is 0 Å². The van der Waals surface area contributed by atoms with Crippen LogP contribution < -0.4 is 5.73 Å². The smallest absolute Gasteiger partial charge is 0.243 e. The fraction of sp³-hybridized carbons (Fsp3) is 0.500. The van der Waals surface area contributed by atoms with E-state index in [1.165, 1.54) is 11.3 Å². The van der Waals surface area contributed by atoms with Crippen molar-refractivity contribution in [3.63, 3.8) is 0 Å². The monoisotopic (exact) mass is 343 g/mol. The first-order valence-corrected chi connectivity index (χ1v) is 8.50. The van der Waals surface area contributed by atoms with Gasteiger partial charge in [-0.05, 0) is 30.7 Å². The van der Waals surface area contributed by atoms with Crippen molar-refractivity contribution >= 4 is 5.91 Å². The van der Waals surface area contributed by atoms with Crippen LogP contribution in [0, 0.1) is 12.8 Å². The summed E-state index contributed by atoms with van der Waals surface area (Å²) in [6.07, 6.45) is 3.65. The molecule has 3 rings (SSSR count). The maximum absolute atomic E-state index is 10.9. The molecule has 2 aromatic rings. The van der Waals surface area contributed by atoms with Crippen molar-refractivity contribution in [2.75, 3.05) is 26.3 Å². The maximum atomic E-state index is 10.9. The molecule has 25 heavy (non-hydrogen) atoms. The molecule has 134 valence electrons. The molecule has 2 aromatic heterocycles. The quantitative estimate of drug-likeness (QED) is 0.805. The van der Waals surface area contributed by atoms with Crippen molar-refractivity contribution in [2.45, 2.75) is 19.4 Å². The minimum Gasteiger partial charge on any atom is -0.371 e. The molecule has 0 saturated carbocycles. The third kappa shape index (κ3) is 4.43. The number of ether oxygens (including phenoxy) is 1. The molecule has 1 saturated heterocycles. The van der Waals surface area contributed by atoms with Crippen LogP contribution in [0.1, 0.15) is 22.9 Å². The highest BCUT2D eigenvalue weighted by atomic mass is 16.5. The summed E-state index contributed by atoms with van der Waals surface area (Å²) in [5, 5.41) is 4.42. The molecule has 3 heterocycles. The van der Waals surface area contributed by atoms with Crippen LogP contribution in [0.15, 0.2) is 30.6 Å². The average Bonchev–Trinajstić information content (AvgIpc) is 3.11. The molecule has 0 unspecified atom stereocenters. The van der Waals surface area contributed by atoms with E-state index in [9.17, 15) is 4.79 Å². The minimum atomic E-state index is -0.430. The largest absolute Gasteiger partial charge is 0.371 e. The van der Waals surface area contributed by atoms with Gasteiger partial charge in [0.15, 0.2) is 0 Å². The van der Waals surface area contributed by atoms with E-state index in [-0.39, 0.29) is 6.61 Å². The Kier molecular flexibility index (Phi) is 5.45. The van der Waals surface area contributed by atoms with Crippen LogP contribution in [-0.4, -0.2) is 51.9 Å². The Bertz CT molecular complexity index is 716. The molecule has 1 aliphatic rings. The number of likely N-dealkylation sites (tertiary alicyclic amines) is 1. The van der Waals surface area contributed by atoms with Crippen molar-refractivity contribution in [1.29, 1.82) is 0 Å². The highest BCUT2D eigenvalue weighted by Gasteiger charge is 2.34. The second kappa shape index (κ2) is 7.76. The van der Waals surface area contributed by atoms with Crippen molar-refractivity contribution in [1.82, 2.24) is 19.7 Å². The zero-order valence-electron chi connectivity index (χ0n) is 14.8. The Labute approximate surface area is 147 Å². The average molecular weight is 343 g/mol. The molecule has 0 aliphatic carbocycles. The number of aromatic nitrogens is 3. The van der Waals surface area contributed by atoms with Gasteiger partial charge in [-0.1, -0.05) is 0 Å². The van der Waals surface area contributed by atoms with Gasteiger partial charge >= 0.3 is 0 Å². The van der Waals surface area contributed by atoms with Crippen LogP contribution in [-0.2, 0) is 23.1 Å². The number of rotatable bonds is 7. The SMILES string of the molecule is Cc1cc(CN2C[C@@H](COCC(N)=O)[C@H](c3ccncc3)C2)n(C)n1. The van der Waals surface area contributed by atoms with E-state index in [2.05, 4.69) is 33.2 Å². The Balaban J connectivity index is 1.70. The second-order valence-electron chi connectivity index (χ2n) is 6.72. The first-order valence-electron chi connectivity index (χ1n) is 8.50. The van der Waals surface area contributed by atoms with Gasteiger partial charge in [-0.25, -0.2) is 0 Å². The Morgan fingerprint density at radius 3 is 2.76 bits per heavy atom. The number of pyridine rings is 1. The van der Waals surface area contributed by atoms with Crippen LogP contribution in [0.25, 0.3) is 0 Å². The Morgan fingerprint density at radius 1 is 1.36 bits per heavy atom. The summed E-state index contributed by atoms with van der Waals surface area (Å²) < 4.78 is 7.46. The van der Waals surface area contributed by atoms with E-state index in [1.54, 1.807) is 0 Å². The molecule has 1 aliphatic heterocycles. The molecule has 0 bridgehead atoms. The van der Waals surface area contributed by atoms with Gasteiger partial charge in [0, 0.05) is 50.9 Å². The standard InChI is InChI=1S/C18H25N5O2/c1-13-7-16(22(2)21-13)9-23-8-15(11-25-12-18(19)24)17(10-23)14-3-5-20-6-4-14/h3-7,15,17H,8-12H2,1-2H3,(H2,19,24)/t15-,17-/m0/s1. The summed E-state index contributed by atoms with van der Waals surface area (Å²) in [6.45, 7) is 5.21. The molecule has 0 radical (unpaired) electrons. The highest BCUT2D eigenvalue weighted by molar-refractivity contribution is 5.74. The lowest BCUT2D eigenvalue weighted by Gasteiger charge is -2.18. The third-order valence-electron chi connectivity index (χ3n) is 4.71. The topological polar surface area (TPSA) is 86.3 Å². The number of hydrogen-bond donors (Lipinski definition) is 1. The van der Waals surface area contributed by atoms with E-state index in [0.29, 0.717) is 18.4 Å². The Hall–Kier alpha value is -2.25. The number of carbonyl (C=O) groups excluding carboxylic acids is 1. The second-order valence-corrected chi connectivity index (χ2v) is 6.72. The first-order chi connectivity index (χ1) is 12.0. The van der Waals surface area contributed by atoms with E-state index >= 15 is 0 Å². The maximum Gasteiger partial charge on any atom is 0.243 e. The lowest BCUT2D eigenvalue weighted by atomic mass is 9.90. The van der Waals surface area contributed by atoms with E-state index in [4.69, 9.17) is 10.5 Å². The van der Waals surface area contributed by atoms with Crippen molar-refractivity contribution in [2.24, 2.45) is 18.7 Å². The number of primary amides is 1. The number of hydrogen-bond acceptors (Lipinski definition) is 5. The van der Waals surface area contributed by atoms with Gasteiger partial charge in [0.05, 0.1) is 18.0 Å². The fourth-order valence-corrected chi connectivity index (χ4v) is 3.60. The van der Waals surface area contributed by atoms with Crippen LogP contribution in [0.2, 0.25) is 0 Å². The molecule has 0 aromatic carbocycles. The molecular weight excluding hydrogens is 318 g/mol. The minimum absolute atomic E-state index is 0.0273. The van der Waals surface area contributed by atoms with Crippen molar-refractivity contribution < 1.29 is 9.53 Å². The predicted molar refractivity (Wildman–Crippen MR) is 93.7 cm³/mol. The fourth-order valence-electron chi connectivity index (χ4n) is 3.60. The van der Waals surface area contributed by atoms with Gasteiger partial charge in [0.2, 0.25) is 5.91 Å². The van der Waals surface area contributed by atoms with E-state index in [1.807, 2.05) is 31.0 Å². The lowest BCUT2D eigenvalue weighted by molar-refractivity contribution is -0.122. The number of amides is 1. The molecule has 1 amide bonds. The van der Waals surface area contributed by atoms with Gasteiger partial charge < -0.3 is 10.5 Å². The Morgan fingerprint density at radius 2 is 2.12 bits per heavy atom. The van der Waals surface area contributed by atoms with Crippen LogP contribution in [0.3, 0.4) is 0 Å². The van der Waals surface area contributed by atoms with Gasteiger partial charge in [0.25, 0.3) is 0 Å². The van der Waals surface area contributed by atoms with Crippen molar-refractivity contribution in [3.05, 3.63) is 47.5 Å².